The average molecular weight is 266 g/mol. The molecule has 0 heterocycles. The summed E-state index contributed by atoms with van der Waals surface area (Å²) in [5.41, 5.74) is -0.654. The van der Waals surface area contributed by atoms with Gasteiger partial charge in [-0.25, -0.2) is 9.18 Å². The fraction of sp³-hybridized carbons (Fsp3) is 0. The predicted molar refractivity (Wildman–Crippen MR) is 61.1 cm³/mol. The number of esters is 1. The van der Waals surface area contributed by atoms with E-state index < -0.39 is 28.9 Å². The molecule has 2 rings (SSSR count). The molecular weight excluding hydrogens is 258 g/mol. The van der Waals surface area contributed by atoms with Crippen molar-refractivity contribution >= 4 is 5.97 Å². The lowest BCUT2D eigenvalue weighted by atomic mass is 10.2. The van der Waals surface area contributed by atoms with Gasteiger partial charge in [0, 0.05) is 6.07 Å². The van der Waals surface area contributed by atoms with Gasteiger partial charge < -0.3 is 14.9 Å². The molecule has 0 spiro atoms. The highest BCUT2D eigenvalue weighted by molar-refractivity contribution is 5.91. The van der Waals surface area contributed by atoms with Gasteiger partial charge in [-0.15, -0.1) is 0 Å². The third-order valence-electron chi connectivity index (χ3n) is 2.31. The van der Waals surface area contributed by atoms with Crippen molar-refractivity contribution in [2.24, 2.45) is 0 Å². The molecule has 4 nitrogen and oxygen atoms in total. The van der Waals surface area contributed by atoms with E-state index in [1.807, 2.05) is 0 Å². The normalized spacial score (nSPS) is 10.2. The van der Waals surface area contributed by atoms with Crippen molar-refractivity contribution in [3.63, 3.8) is 0 Å². The minimum Gasteiger partial charge on any atom is -0.508 e. The first kappa shape index (κ1) is 12.8. The Morgan fingerprint density at radius 1 is 1.05 bits per heavy atom. The summed E-state index contributed by atoms with van der Waals surface area (Å²) >= 11 is 0. The maximum absolute atomic E-state index is 13.4. The molecule has 0 radical (unpaired) electrons. The van der Waals surface area contributed by atoms with Gasteiger partial charge in [-0.1, -0.05) is 6.07 Å². The summed E-state index contributed by atoms with van der Waals surface area (Å²) in [5, 5.41) is 18.1. The Hall–Kier alpha value is -2.63. The highest BCUT2D eigenvalue weighted by Gasteiger charge is 2.20. The first-order chi connectivity index (χ1) is 8.99. The van der Waals surface area contributed by atoms with E-state index in [9.17, 15) is 18.7 Å². The Kier molecular flexibility index (Phi) is 3.33. The number of aromatic hydroxyl groups is 2. The number of halogens is 2. The zero-order chi connectivity index (χ0) is 14.0. The summed E-state index contributed by atoms with van der Waals surface area (Å²) in [5.74, 6) is -5.20. The number of phenols is 2. The van der Waals surface area contributed by atoms with Crippen LogP contribution in [0, 0.1) is 11.6 Å². The number of carbonyl (C=O) groups is 1. The molecular formula is C13H8F2O4. The van der Waals surface area contributed by atoms with Crippen LogP contribution in [0.15, 0.2) is 36.4 Å². The minimum atomic E-state index is -1.52. The second kappa shape index (κ2) is 4.93. The van der Waals surface area contributed by atoms with Gasteiger partial charge in [0.2, 0.25) is 5.82 Å². The van der Waals surface area contributed by atoms with E-state index in [0.717, 1.165) is 18.2 Å². The van der Waals surface area contributed by atoms with Gasteiger partial charge in [0.05, 0.1) is 5.56 Å². The van der Waals surface area contributed by atoms with Crippen molar-refractivity contribution in [2.45, 2.75) is 0 Å². The smallest absolute Gasteiger partial charge is 0.346 e. The number of phenolic OH excluding ortho intramolecular Hbond substituents is 2. The number of carbonyl (C=O) groups excluding carboxylic acids is 1. The molecule has 0 aromatic heterocycles. The van der Waals surface area contributed by atoms with E-state index >= 15 is 0 Å². The van der Waals surface area contributed by atoms with Crippen LogP contribution in [0.1, 0.15) is 10.4 Å². The van der Waals surface area contributed by atoms with Gasteiger partial charge in [0.15, 0.2) is 11.6 Å². The molecule has 0 fully saturated rings. The minimum absolute atomic E-state index is 0.0158. The molecule has 0 aliphatic carbocycles. The van der Waals surface area contributed by atoms with Crippen LogP contribution in [0.5, 0.6) is 17.2 Å². The molecule has 2 aromatic rings. The molecule has 0 unspecified atom stereocenters. The van der Waals surface area contributed by atoms with Crippen LogP contribution in [0.4, 0.5) is 8.78 Å². The largest absolute Gasteiger partial charge is 0.508 e. The third-order valence-corrected chi connectivity index (χ3v) is 2.31. The molecule has 0 aliphatic rings. The zero-order valence-electron chi connectivity index (χ0n) is 9.43. The third kappa shape index (κ3) is 2.62. The monoisotopic (exact) mass is 266 g/mol. The van der Waals surface area contributed by atoms with Crippen molar-refractivity contribution < 1.29 is 28.5 Å². The lowest BCUT2D eigenvalue weighted by Crippen LogP contribution is -2.11. The lowest BCUT2D eigenvalue weighted by molar-refractivity contribution is 0.0728. The quantitative estimate of drug-likeness (QED) is 0.647. The Balaban J connectivity index is 2.28. The van der Waals surface area contributed by atoms with Crippen LogP contribution in [0.25, 0.3) is 0 Å². The Morgan fingerprint density at radius 3 is 2.47 bits per heavy atom. The highest BCUT2D eigenvalue weighted by Crippen LogP contribution is 2.23. The number of hydrogen-bond donors (Lipinski definition) is 2. The molecule has 0 saturated heterocycles. The van der Waals surface area contributed by atoms with Crippen molar-refractivity contribution in [1.29, 1.82) is 0 Å². The van der Waals surface area contributed by atoms with Crippen molar-refractivity contribution in [2.75, 3.05) is 0 Å². The van der Waals surface area contributed by atoms with E-state index in [1.165, 1.54) is 18.2 Å². The van der Waals surface area contributed by atoms with Crippen molar-refractivity contribution in [1.82, 2.24) is 0 Å². The predicted octanol–water partition coefficient (Wildman–Crippen LogP) is 2.60. The Morgan fingerprint density at radius 2 is 1.79 bits per heavy atom. The van der Waals surface area contributed by atoms with Crippen LogP contribution in [0.2, 0.25) is 0 Å². The molecule has 0 atom stereocenters. The molecule has 98 valence electrons. The van der Waals surface area contributed by atoms with E-state index in [-0.39, 0.29) is 11.5 Å². The standard InChI is InChI=1S/C13H8F2O4/c14-11-9(4-5-10(17)12(11)15)13(18)19-8-3-1-2-7(16)6-8/h1-6,16-17H. The number of benzene rings is 2. The summed E-state index contributed by atoms with van der Waals surface area (Å²) in [4.78, 5) is 11.6. The van der Waals surface area contributed by atoms with Gasteiger partial charge in [0.25, 0.3) is 0 Å². The molecule has 0 saturated carbocycles. The second-order valence-corrected chi connectivity index (χ2v) is 3.65. The van der Waals surface area contributed by atoms with Crippen LogP contribution < -0.4 is 4.74 Å². The summed E-state index contributed by atoms with van der Waals surface area (Å²) < 4.78 is 31.3. The van der Waals surface area contributed by atoms with Crippen LogP contribution in [-0.2, 0) is 0 Å². The molecule has 2 N–H and O–H groups in total. The molecule has 19 heavy (non-hydrogen) atoms. The van der Waals surface area contributed by atoms with Crippen LogP contribution in [0.3, 0.4) is 0 Å². The van der Waals surface area contributed by atoms with E-state index in [4.69, 9.17) is 9.84 Å². The number of ether oxygens (including phenoxy) is 1. The first-order valence-corrected chi connectivity index (χ1v) is 5.17. The molecule has 2 aromatic carbocycles. The maximum Gasteiger partial charge on any atom is 0.346 e. The van der Waals surface area contributed by atoms with E-state index in [2.05, 4.69) is 0 Å². The maximum atomic E-state index is 13.4. The molecule has 0 amide bonds. The van der Waals surface area contributed by atoms with E-state index in [1.54, 1.807) is 0 Å². The van der Waals surface area contributed by atoms with Gasteiger partial charge in [-0.3, -0.25) is 0 Å². The van der Waals surface area contributed by atoms with Gasteiger partial charge in [0.1, 0.15) is 11.5 Å². The van der Waals surface area contributed by atoms with Crippen LogP contribution >= 0.6 is 0 Å². The second-order valence-electron chi connectivity index (χ2n) is 3.65. The first-order valence-electron chi connectivity index (χ1n) is 5.17. The topological polar surface area (TPSA) is 66.8 Å². The summed E-state index contributed by atoms with van der Waals surface area (Å²) in [6, 6.07) is 7.04. The number of hydrogen-bond acceptors (Lipinski definition) is 4. The molecule has 0 bridgehead atoms. The summed E-state index contributed by atoms with van der Waals surface area (Å²) in [6.07, 6.45) is 0. The number of rotatable bonds is 2. The van der Waals surface area contributed by atoms with Crippen molar-refractivity contribution in [3.8, 4) is 17.2 Å². The molecule has 6 heteroatoms. The Bertz CT molecular complexity index is 641. The van der Waals surface area contributed by atoms with Crippen molar-refractivity contribution in [3.05, 3.63) is 53.6 Å². The zero-order valence-corrected chi connectivity index (χ0v) is 9.43. The van der Waals surface area contributed by atoms with E-state index in [0.29, 0.717) is 0 Å². The van der Waals surface area contributed by atoms with Gasteiger partial charge >= 0.3 is 5.97 Å². The SMILES string of the molecule is O=C(Oc1cccc(O)c1)c1ccc(O)c(F)c1F. The summed E-state index contributed by atoms with van der Waals surface area (Å²) in [7, 11) is 0. The average Bonchev–Trinajstić information content (AvgIpc) is 2.36. The fourth-order valence-corrected chi connectivity index (χ4v) is 1.41. The summed E-state index contributed by atoms with van der Waals surface area (Å²) in [6.45, 7) is 0. The lowest BCUT2D eigenvalue weighted by Gasteiger charge is -2.06. The highest BCUT2D eigenvalue weighted by atomic mass is 19.2. The van der Waals surface area contributed by atoms with Crippen LogP contribution in [-0.4, -0.2) is 16.2 Å². The molecule has 0 aliphatic heterocycles. The van der Waals surface area contributed by atoms with Gasteiger partial charge in [-0.2, -0.15) is 4.39 Å². The fourth-order valence-electron chi connectivity index (χ4n) is 1.41. The Labute approximate surface area is 106 Å². The van der Waals surface area contributed by atoms with Gasteiger partial charge in [-0.05, 0) is 24.3 Å².